The van der Waals surface area contributed by atoms with Crippen LogP contribution in [-0.4, -0.2) is 34.6 Å². The fourth-order valence-electron chi connectivity index (χ4n) is 0.494. The molecule has 0 aromatic carbocycles. The van der Waals surface area contributed by atoms with Crippen LogP contribution in [0.25, 0.3) is 0 Å². The topological polar surface area (TPSA) is 125 Å². The molecule has 0 saturated heterocycles. The van der Waals surface area contributed by atoms with Crippen LogP contribution in [-0.2, 0) is 9.68 Å². The van der Waals surface area contributed by atoms with Crippen molar-refractivity contribution in [2.75, 3.05) is 13.2 Å². The van der Waals surface area contributed by atoms with Crippen molar-refractivity contribution in [2.45, 2.75) is 12.5 Å². The molecule has 1 N–H and O–H groups in total. The minimum absolute atomic E-state index is 0.102. The number of rotatable bonds is 7. The van der Waals surface area contributed by atoms with E-state index in [4.69, 9.17) is 5.11 Å². The molecule has 0 rings (SSSR count). The van der Waals surface area contributed by atoms with Gasteiger partial charge in [0.05, 0.1) is 12.7 Å². The van der Waals surface area contributed by atoms with E-state index in [9.17, 15) is 20.2 Å². The molecular weight excluding hydrogens is 188 g/mol. The van der Waals surface area contributed by atoms with Crippen molar-refractivity contribution in [3.05, 3.63) is 20.2 Å². The number of aliphatic hydroxyl groups excluding tert-OH is 1. The Labute approximate surface area is 72.1 Å². The third-order valence-corrected chi connectivity index (χ3v) is 1.02. The van der Waals surface area contributed by atoms with Crippen LogP contribution in [0.4, 0.5) is 0 Å². The summed E-state index contributed by atoms with van der Waals surface area (Å²) >= 11 is 0. The van der Waals surface area contributed by atoms with Gasteiger partial charge in [-0.1, -0.05) is 0 Å². The Bertz CT molecular complexity index is 183. The van der Waals surface area contributed by atoms with E-state index in [2.05, 4.69) is 9.68 Å². The molecule has 13 heavy (non-hydrogen) atoms. The average Bonchev–Trinajstić information content (AvgIpc) is 2.00. The summed E-state index contributed by atoms with van der Waals surface area (Å²) in [7, 11) is 0. The van der Waals surface area contributed by atoms with Crippen molar-refractivity contribution in [3.63, 3.8) is 0 Å². The van der Waals surface area contributed by atoms with Crippen LogP contribution in [0.2, 0.25) is 0 Å². The van der Waals surface area contributed by atoms with E-state index in [0.717, 1.165) is 0 Å². The first-order chi connectivity index (χ1) is 6.02. The highest BCUT2D eigenvalue weighted by Gasteiger charge is 2.07. The first-order valence-electron chi connectivity index (χ1n) is 3.25. The Morgan fingerprint density at radius 2 is 1.77 bits per heavy atom. The number of hydrogen-bond donors (Lipinski definition) is 1. The van der Waals surface area contributed by atoms with Crippen molar-refractivity contribution >= 4 is 0 Å². The molecular formula is C4H8N2O7. The highest BCUT2D eigenvalue weighted by atomic mass is 17.0. The summed E-state index contributed by atoms with van der Waals surface area (Å²) in [6, 6.07) is 0. The van der Waals surface area contributed by atoms with E-state index in [-0.39, 0.29) is 13.0 Å². The van der Waals surface area contributed by atoms with E-state index >= 15 is 0 Å². The highest BCUT2D eigenvalue weighted by Crippen LogP contribution is 1.93. The molecule has 0 radical (unpaired) electrons. The van der Waals surface area contributed by atoms with E-state index in [1.807, 2.05) is 0 Å². The van der Waals surface area contributed by atoms with Crippen LogP contribution in [0.15, 0.2) is 0 Å². The molecule has 1 atom stereocenters. The molecule has 0 saturated carbocycles. The summed E-state index contributed by atoms with van der Waals surface area (Å²) < 4.78 is 0. The Morgan fingerprint density at radius 1 is 1.23 bits per heavy atom. The van der Waals surface area contributed by atoms with Gasteiger partial charge in [0.25, 0.3) is 10.2 Å². The van der Waals surface area contributed by atoms with E-state index in [1.54, 1.807) is 0 Å². The highest BCUT2D eigenvalue weighted by molar-refractivity contribution is 4.50. The number of hydrogen-bond acceptors (Lipinski definition) is 7. The normalized spacial score (nSPS) is 11.8. The molecule has 0 bridgehead atoms. The number of nitrogens with zero attached hydrogens (tertiary/aromatic N) is 2. The van der Waals surface area contributed by atoms with Crippen LogP contribution < -0.4 is 0 Å². The van der Waals surface area contributed by atoms with Crippen LogP contribution in [0.5, 0.6) is 0 Å². The van der Waals surface area contributed by atoms with Gasteiger partial charge >= 0.3 is 0 Å². The van der Waals surface area contributed by atoms with Gasteiger partial charge in [0.15, 0.2) is 0 Å². The van der Waals surface area contributed by atoms with Crippen molar-refractivity contribution in [1.82, 2.24) is 0 Å². The quantitative estimate of drug-likeness (QED) is 0.415. The summed E-state index contributed by atoms with van der Waals surface area (Å²) in [6.45, 7) is -0.844. The zero-order valence-electron chi connectivity index (χ0n) is 6.49. The van der Waals surface area contributed by atoms with Gasteiger partial charge in [-0.15, -0.1) is 20.2 Å². The predicted molar refractivity (Wildman–Crippen MR) is 36.5 cm³/mol. The fraction of sp³-hybridized carbons (Fsp3) is 1.00. The van der Waals surface area contributed by atoms with E-state index < -0.39 is 22.9 Å². The molecule has 0 aromatic heterocycles. The van der Waals surface area contributed by atoms with Gasteiger partial charge in [0, 0.05) is 0 Å². The van der Waals surface area contributed by atoms with Gasteiger partial charge in [0.2, 0.25) is 0 Å². The SMILES string of the molecule is O=[N+]([O-])OCC[C@H](O)CO[N+](=O)[O-]. The standard InChI is InChI=1S/C4H8N2O7/c7-4(3-13-6(10)11)1-2-12-5(8)9/h4,7H,1-3H2/t4-/m0/s1. The monoisotopic (exact) mass is 196 g/mol. The molecule has 0 aromatic rings. The third kappa shape index (κ3) is 8.26. The second kappa shape index (κ2) is 5.94. The molecule has 0 heterocycles. The minimum Gasteiger partial charge on any atom is -0.391 e. The Morgan fingerprint density at radius 3 is 2.23 bits per heavy atom. The summed E-state index contributed by atoms with van der Waals surface area (Å²) in [5.74, 6) is 0. The predicted octanol–water partition coefficient (Wildman–Crippen LogP) is -0.846. The van der Waals surface area contributed by atoms with Crippen molar-refractivity contribution in [3.8, 4) is 0 Å². The Hall–Kier alpha value is -1.64. The van der Waals surface area contributed by atoms with Gasteiger partial charge in [-0.25, -0.2) is 0 Å². The molecule has 0 unspecified atom stereocenters. The zero-order valence-corrected chi connectivity index (χ0v) is 6.49. The van der Waals surface area contributed by atoms with Crippen molar-refractivity contribution in [2.24, 2.45) is 0 Å². The molecule has 0 amide bonds. The Kier molecular flexibility index (Phi) is 5.19. The third-order valence-electron chi connectivity index (χ3n) is 1.02. The van der Waals surface area contributed by atoms with Crippen LogP contribution >= 0.6 is 0 Å². The number of aliphatic hydroxyl groups is 1. The lowest BCUT2D eigenvalue weighted by Crippen LogP contribution is -2.20. The summed E-state index contributed by atoms with van der Waals surface area (Å²) in [5.41, 5.74) is 0. The van der Waals surface area contributed by atoms with Gasteiger partial charge in [-0.3, -0.25) is 0 Å². The molecule has 0 aliphatic heterocycles. The van der Waals surface area contributed by atoms with Crippen LogP contribution in [0, 0.1) is 20.2 Å². The molecule has 76 valence electrons. The smallest absolute Gasteiger partial charge is 0.294 e. The van der Waals surface area contributed by atoms with Gasteiger partial charge in [-0.05, 0) is 6.42 Å². The largest absolute Gasteiger partial charge is 0.391 e. The average molecular weight is 196 g/mol. The first kappa shape index (κ1) is 11.4. The second-order valence-electron chi connectivity index (χ2n) is 2.02. The van der Waals surface area contributed by atoms with Gasteiger partial charge in [0.1, 0.15) is 6.61 Å². The molecule has 9 heteroatoms. The molecule has 0 spiro atoms. The maximum absolute atomic E-state index is 9.62. The Balaban J connectivity index is 3.35. The van der Waals surface area contributed by atoms with E-state index in [0.29, 0.717) is 0 Å². The molecule has 0 aliphatic carbocycles. The molecule has 0 aliphatic rings. The summed E-state index contributed by atoms with van der Waals surface area (Å²) in [5, 5.41) is 26.0. The zero-order chi connectivity index (χ0) is 10.3. The van der Waals surface area contributed by atoms with E-state index in [1.165, 1.54) is 0 Å². The lowest BCUT2D eigenvalue weighted by molar-refractivity contribution is -0.762. The van der Waals surface area contributed by atoms with Gasteiger partial charge in [-0.2, -0.15) is 0 Å². The first-order valence-corrected chi connectivity index (χ1v) is 3.25. The minimum atomic E-state index is -1.15. The van der Waals surface area contributed by atoms with Crippen molar-refractivity contribution in [1.29, 1.82) is 0 Å². The fourth-order valence-corrected chi connectivity index (χ4v) is 0.494. The van der Waals surface area contributed by atoms with Crippen LogP contribution in [0.3, 0.4) is 0 Å². The summed E-state index contributed by atoms with van der Waals surface area (Å²) in [6.07, 6.45) is -1.25. The maximum Gasteiger partial charge on any atom is 0.294 e. The lowest BCUT2D eigenvalue weighted by atomic mass is 10.3. The lowest BCUT2D eigenvalue weighted by Gasteiger charge is -2.07. The van der Waals surface area contributed by atoms with Crippen LogP contribution in [0.1, 0.15) is 6.42 Å². The second-order valence-corrected chi connectivity index (χ2v) is 2.02. The maximum atomic E-state index is 9.62. The molecule has 9 nitrogen and oxygen atoms in total. The summed E-state index contributed by atoms with van der Waals surface area (Å²) in [4.78, 5) is 26.9. The van der Waals surface area contributed by atoms with Crippen molar-refractivity contribution < 1.29 is 25.0 Å². The van der Waals surface area contributed by atoms with Gasteiger partial charge < -0.3 is 14.8 Å². The molecule has 0 fully saturated rings.